The third-order valence-corrected chi connectivity index (χ3v) is 5.41. The maximum atomic E-state index is 12.9. The van der Waals surface area contributed by atoms with E-state index in [9.17, 15) is 9.59 Å². The number of nitrogens with one attached hydrogen (secondary N) is 1. The molecule has 0 bridgehead atoms. The number of esters is 1. The molecule has 0 saturated heterocycles. The molecule has 6 heteroatoms. The van der Waals surface area contributed by atoms with E-state index in [0.29, 0.717) is 17.2 Å². The number of carbonyl (C=O) groups excluding carboxylic acids is 2. The summed E-state index contributed by atoms with van der Waals surface area (Å²) in [5.41, 5.74) is 3.55. The molecule has 1 amide bonds. The molecule has 1 fully saturated rings. The number of para-hydroxylation sites is 1. The molecule has 3 aromatic rings. The summed E-state index contributed by atoms with van der Waals surface area (Å²) >= 11 is 0. The lowest BCUT2D eigenvalue weighted by atomic mass is 10.0. The highest BCUT2D eigenvalue weighted by Gasteiger charge is 2.29. The monoisotopic (exact) mass is 403 g/mol. The molecular weight excluding hydrogens is 378 g/mol. The van der Waals surface area contributed by atoms with Crippen molar-refractivity contribution in [2.24, 2.45) is 5.92 Å². The van der Waals surface area contributed by atoms with E-state index in [0.717, 1.165) is 29.7 Å². The Hall–Kier alpha value is -3.41. The predicted octanol–water partition coefficient (Wildman–Crippen LogP) is 3.92. The molecule has 1 aliphatic rings. The Balaban J connectivity index is 1.57. The average molecular weight is 403 g/mol. The molecule has 1 heterocycles. The first-order valence-electron chi connectivity index (χ1n) is 10.2. The van der Waals surface area contributed by atoms with Crippen molar-refractivity contribution in [1.29, 1.82) is 0 Å². The third kappa shape index (κ3) is 4.43. The van der Waals surface area contributed by atoms with Gasteiger partial charge in [0.1, 0.15) is 11.3 Å². The Labute approximate surface area is 175 Å². The van der Waals surface area contributed by atoms with Crippen molar-refractivity contribution in [1.82, 2.24) is 15.1 Å². The van der Waals surface area contributed by atoms with Crippen LogP contribution in [0.4, 0.5) is 0 Å². The van der Waals surface area contributed by atoms with Crippen molar-refractivity contribution in [2.45, 2.75) is 32.7 Å². The number of rotatable bonds is 7. The zero-order valence-electron chi connectivity index (χ0n) is 17.2. The van der Waals surface area contributed by atoms with Gasteiger partial charge in [-0.05, 0) is 50.3 Å². The van der Waals surface area contributed by atoms with E-state index in [1.54, 1.807) is 10.9 Å². The van der Waals surface area contributed by atoms with Crippen molar-refractivity contribution in [2.75, 3.05) is 6.61 Å². The van der Waals surface area contributed by atoms with Gasteiger partial charge in [0, 0.05) is 17.8 Å². The first kappa shape index (κ1) is 19.9. The Bertz CT molecular complexity index is 1050. The van der Waals surface area contributed by atoms with Gasteiger partial charge in [0.05, 0.1) is 5.69 Å². The number of nitrogens with zero attached hydrogens (tertiary/aromatic N) is 2. The smallest absolute Gasteiger partial charge is 0.342 e. The van der Waals surface area contributed by atoms with Gasteiger partial charge in [-0.25, -0.2) is 9.48 Å². The highest BCUT2D eigenvalue weighted by molar-refractivity contribution is 5.97. The summed E-state index contributed by atoms with van der Waals surface area (Å²) in [6.45, 7) is 3.65. The molecule has 6 nitrogen and oxygen atoms in total. The van der Waals surface area contributed by atoms with E-state index >= 15 is 0 Å². The van der Waals surface area contributed by atoms with Crippen LogP contribution < -0.4 is 5.32 Å². The van der Waals surface area contributed by atoms with E-state index in [-0.39, 0.29) is 18.6 Å². The van der Waals surface area contributed by atoms with Crippen molar-refractivity contribution in [3.05, 3.63) is 71.9 Å². The largest absolute Gasteiger partial charge is 0.452 e. The zero-order chi connectivity index (χ0) is 21.1. The van der Waals surface area contributed by atoms with Crippen LogP contribution in [0.1, 0.15) is 35.7 Å². The van der Waals surface area contributed by atoms with Gasteiger partial charge in [0.25, 0.3) is 5.91 Å². The standard InChI is InChI=1S/C24H25N3O3/c1-16-8-6-7-11-20(16)23-21(14-27(26-23)19-9-4-3-5-10-19)24(29)30-15-22(28)25-17(2)18-12-13-18/h3-11,14,17-18H,12-13,15H2,1-2H3,(H,25,28)/t17-/m0/s1. The van der Waals surface area contributed by atoms with E-state index in [1.165, 1.54) is 0 Å². The normalized spacial score (nSPS) is 14.2. The quantitative estimate of drug-likeness (QED) is 0.607. The van der Waals surface area contributed by atoms with Crippen LogP contribution in [-0.4, -0.2) is 34.3 Å². The molecule has 0 spiro atoms. The van der Waals surface area contributed by atoms with Gasteiger partial charge in [-0.15, -0.1) is 0 Å². The zero-order valence-corrected chi connectivity index (χ0v) is 17.2. The average Bonchev–Trinajstić information content (AvgIpc) is 3.52. The summed E-state index contributed by atoms with van der Waals surface area (Å²) < 4.78 is 7.00. The Morgan fingerprint density at radius 2 is 1.83 bits per heavy atom. The van der Waals surface area contributed by atoms with Crippen LogP contribution >= 0.6 is 0 Å². The summed E-state index contributed by atoms with van der Waals surface area (Å²) in [5, 5.41) is 7.55. The molecule has 4 rings (SSSR count). The lowest BCUT2D eigenvalue weighted by molar-refractivity contribution is -0.124. The van der Waals surface area contributed by atoms with E-state index < -0.39 is 5.97 Å². The Morgan fingerprint density at radius 3 is 2.53 bits per heavy atom. The number of carbonyl (C=O) groups is 2. The second-order valence-electron chi connectivity index (χ2n) is 7.76. The molecule has 1 saturated carbocycles. The fraction of sp³-hybridized carbons (Fsp3) is 0.292. The Kier molecular flexibility index (Phi) is 5.65. The predicted molar refractivity (Wildman–Crippen MR) is 114 cm³/mol. The van der Waals surface area contributed by atoms with Gasteiger partial charge >= 0.3 is 5.97 Å². The van der Waals surface area contributed by atoms with Gasteiger partial charge in [-0.2, -0.15) is 5.10 Å². The molecule has 1 aromatic heterocycles. The fourth-order valence-corrected chi connectivity index (χ4v) is 3.49. The Morgan fingerprint density at radius 1 is 1.13 bits per heavy atom. The van der Waals surface area contributed by atoms with Gasteiger partial charge in [0.15, 0.2) is 6.61 Å². The highest BCUT2D eigenvalue weighted by Crippen LogP contribution is 2.32. The van der Waals surface area contributed by atoms with Crippen LogP contribution in [0.25, 0.3) is 16.9 Å². The van der Waals surface area contributed by atoms with E-state index in [1.807, 2.05) is 68.4 Å². The van der Waals surface area contributed by atoms with Crippen molar-refractivity contribution < 1.29 is 14.3 Å². The van der Waals surface area contributed by atoms with Gasteiger partial charge < -0.3 is 10.1 Å². The molecule has 30 heavy (non-hydrogen) atoms. The molecule has 2 aromatic carbocycles. The summed E-state index contributed by atoms with van der Waals surface area (Å²) in [5.74, 6) is -0.304. The minimum absolute atomic E-state index is 0.111. The number of amides is 1. The summed E-state index contributed by atoms with van der Waals surface area (Å²) in [4.78, 5) is 25.0. The van der Waals surface area contributed by atoms with E-state index in [4.69, 9.17) is 4.74 Å². The highest BCUT2D eigenvalue weighted by atomic mass is 16.5. The second kappa shape index (κ2) is 8.53. The molecule has 1 aliphatic carbocycles. The maximum Gasteiger partial charge on any atom is 0.342 e. The van der Waals surface area contributed by atoms with Crippen LogP contribution in [0.2, 0.25) is 0 Å². The number of ether oxygens (including phenoxy) is 1. The van der Waals surface area contributed by atoms with Crippen LogP contribution in [0, 0.1) is 12.8 Å². The van der Waals surface area contributed by atoms with Gasteiger partial charge in [-0.1, -0.05) is 42.5 Å². The number of aromatic nitrogens is 2. The van der Waals surface area contributed by atoms with Crippen molar-refractivity contribution in [3.63, 3.8) is 0 Å². The van der Waals surface area contributed by atoms with Crippen LogP contribution in [0.15, 0.2) is 60.8 Å². The SMILES string of the molecule is Cc1ccccc1-c1nn(-c2ccccc2)cc1C(=O)OCC(=O)N[C@@H](C)C1CC1. The number of aryl methyl sites for hydroxylation is 1. The van der Waals surface area contributed by atoms with Crippen LogP contribution in [0.5, 0.6) is 0 Å². The van der Waals surface area contributed by atoms with Crippen LogP contribution in [-0.2, 0) is 9.53 Å². The van der Waals surface area contributed by atoms with E-state index in [2.05, 4.69) is 10.4 Å². The summed E-state index contributed by atoms with van der Waals surface area (Å²) in [7, 11) is 0. The summed E-state index contributed by atoms with van der Waals surface area (Å²) in [6, 6.07) is 17.4. The fourth-order valence-electron chi connectivity index (χ4n) is 3.49. The molecule has 154 valence electrons. The molecule has 1 N–H and O–H groups in total. The minimum Gasteiger partial charge on any atom is -0.452 e. The number of hydrogen-bond acceptors (Lipinski definition) is 4. The van der Waals surface area contributed by atoms with Crippen molar-refractivity contribution >= 4 is 11.9 Å². The molecular formula is C24H25N3O3. The first-order valence-corrected chi connectivity index (χ1v) is 10.2. The third-order valence-electron chi connectivity index (χ3n) is 5.41. The maximum absolute atomic E-state index is 12.9. The molecule has 0 unspecified atom stereocenters. The number of benzene rings is 2. The minimum atomic E-state index is -0.565. The molecule has 1 atom stereocenters. The molecule has 0 aliphatic heterocycles. The van der Waals surface area contributed by atoms with Crippen LogP contribution in [0.3, 0.4) is 0 Å². The topological polar surface area (TPSA) is 73.2 Å². The first-order chi connectivity index (χ1) is 14.5. The van der Waals surface area contributed by atoms with Gasteiger partial charge in [-0.3, -0.25) is 4.79 Å². The summed E-state index contributed by atoms with van der Waals surface area (Å²) in [6.07, 6.45) is 3.93. The van der Waals surface area contributed by atoms with Crippen molar-refractivity contribution in [3.8, 4) is 16.9 Å². The lowest BCUT2D eigenvalue weighted by Crippen LogP contribution is -2.37. The second-order valence-corrected chi connectivity index (χ2v) is 7.76. The molecule has 0 radical (unpaired) electrons. The number of hydrogen-bond donors (Lipinski definition) is 1. The lowest BCUT2D eigenvalue weighted by Gasteiger charge is -2.12. The van der Waals surface area contributed by atoms with Gasteiger partial charge in [0.2, 0.25) is 0 Å².